The summed E-state index contributed by atoms with van der Waals surface area (Å²) >= 11 is 0. The Kier molecular flexibility index (Phi) is 5.24. The Hall–Kier alpha value is -2.44. The van der Waals surface area contributed by atoms with Gasteiger partial charge in [-0.3, -0.25) is 10.8 Å². The molecule has 0 aliphatic carbocycles. The lowest BCUT2D eigenvalue weighted by molar-refractivity contribution is 0.491. The molecule has 22 heavy (non-hydrogen) atoms. The van der Waals surface area contributed by atoms with Crippen LogP contribution in [0, 0.1) is 16.7 Å². The number of hydrogen-bond acceptors (Lipinski definition) is 6. The number of hydrogen-bond donors (Lipinski definition) is 4. The molecule has 0 fully saturated rings. The summed E-state index contributed by atoms with van der Waals surface area (Å²) in [4.78, 5) is -0.0190. The van der Waals surface area contributed by atoms with E-state index in [-0.39, 0.29) is 16.3 Å². The van der Waals surface area contributed by atoms with E-state index in [4.69, 9.17) is 16.4 Å². The number of hydrazone groups is 1. The first kappa shape index (κ1) is 17.6. The van der Waals surface area contributed by atoms with Gasteiger partial charge in [-0.2, -0.15) is 10.4 Å². The number of rotatable bonds is 5. The highest BCUT2D eigenvalue weighted by atomic mass is 32.2. The molecule has 118 valence electrons. The first-order valence-corrected chi connectivity index (χ1v) is 7.76. The molecule has 9 heteroatoms. The maximum Gasteiger partial charge on any atom is 0.243 e. The largest absolute Gasteiger partial charge is 0.382 e. The van der Waals surface area contributed by atoms with E-state index in [9.17, 15) is 8.42 Å². The number of para-hydroxylation sites is 1. The molecule has 0 bridgehead atoms. The maximum absolute atomic E-state index is 12.4. The molecule has 0 atom stereocenters. The fourth-order valence-electron chi connectivity index (χ4n) is 1.51. The molecule has 0 aliphatic rings. The van der Waals surface area contributed by atoms with Crippen LogP contribution in [0.1, 0.15) is 20.8 Å². The van der Waals surface area contributed by atoms with Gasteiger partial charge in [-0.05, 0) is 32.9 Å². The second-order valence-electron chi connectivity index (χ2n) is 5.45. The van der Waals surface area contributed by atoms with Crippen LogP contribution >= 0.6 is 0 Å². The summed E-state index contributed by atoms with van der Waals surface area (Å²) in [6.07, 6.45) is 0. The van der Waals surface area contributed by atoms with Gasteiger partial charge in [0.1, 0.15) is 11.0 Å². The summed E-state index contributed by atoms with van der Waals surface area (Å²) in [7, 11) is -3.77. The van der Waals surface area contributed by atoms with E-state index in [1.807, 2.05) is 0 Å². The van der Waals surface area contributed by atoms with Crippen LogP contribution in [0.5, 0.6) is 0 Å². The SMILES string of the molecule is CC(C)(C)NS(=O)(=O)c1ccccc1N/N=C(\C#N)C(=N)N. The minimum Gasteiger partial charge on any atom is -0.382 e. The highest BCUT2D eigenvalue weighted by Crippen LogP contribution is 2.22. The lowest BCUT2D eigenvalue weighted by Gasteiger charge is -2.21. The number of nitrogens with one attached hydrogen (secondary N) is 3. The van der Waals surface area contributed by atoms with Crippen molar-refractivity contribution in [1.29, 1.82) is 10.7 Å². The topological polar surface area (TPSA) is 144 Å². The zero-order chi connectivity index (χ0) is 17.0. The van der Waals surface area contributed by atoms with Gasteiger partial charge in [0, 0.05) is 5.54 Å². The average Bonchev–Trinajstić information content (AvgIpc) is 2.36. The molecular formula is C13H18N6O2S. The molecule has 0 saturated carbocycles. The van der Waals surface area contributed by atoms with Crippen molar-refractivity contribution in [2.45, 2.75) is 31.2 Å². The van der Waals surface area contributed by atoms with E-state index in [1.165, 1.54) is 12.1 Å². The predicted molar refractivity (Wildman–Crippen MR) is 85.1 cm³/mol. The second kappa shape index (κ2) is 6.55. The van der Waals surface area contributed by atoms with E-state index < -0.39 is 21.4 Å². The van der Waals surface area contributed by atoms with Crippen LogP contribution in [-0.4, -0.2) is 25.5 Å². The Morgan fingerprint density at radius 3 is 2.45 bits per heavy atom. The maximum atomic E-state index is 12.4. The zero-order valence-electron chi connectivity index (χ0n) is 12.5. The van der Waals surface area contributed by atoms with Crippen molar-refractivity contribution in [2.75, 3.05) is 5.43 Å². The van der Waals surface area contributed by atoms with Crippen molar-refractivity contribution in [3.05, 3.63) is 24.3 Å². The highest BCUT2D eigenvalue weighted by molar-refractivity contribution is 7.89. The van der Waals surface area contributed by atoms with Crippen LogP contribution in [0.15, 0.2) is 34.3 Å². The fraction of sp³-hybridized carbons (Fsp3) is 0.308. The van der Waals surface area contributed by atoms with Crippen molar-refractivity contribution in [3.8, 4) is 6.07 Å². The molecule has 0 heterocycles. The third kappa shape index (κ3) is 4.83. The molecule has 0 radical (unpaired) electrons. The molecule has 0 spiro atoms. The van der Waals surface area contributed by atoms with Crippen LogP contribution in [0.2, 0.25) is 0 Å². The number of anilines is 1. The van der Waals surface area contributed by atoms with Crippen molar-refractivity contribution in [1.82, 2.24) is 4.72 Å². The third-order valence-electron chi connectivity index (χ3n) is 2.27. The molecule has 5 N–H and O–H groups in total. The first-order valence-electron chi connectivity index (χ1n) is 6.28. The molecule has 1 aromatic carbocycles. The minimum absolute atomic E-state index is 0.0190. The van der Waals surface area contributed by atoms with Crippen LogP contribution in [0.3, 0.4) is 0 Å². The molecule has 0 saturated heterocycles. The van der Waals surface area contributed by atoms with Crippen LogP contribution in [0.4, 0.5) is 5.69 Å². The third-order valence-corrected chi connectivity index (χ3v) is 4.08. The fourth-order valence-corrected chi connectivity index (χ4v) is 3.09. The molecule has 0 aromatic heterocycles. The van der Waals surface area contributed by atoms with Gasteiger partial charge in [0.25, 0.3) is 0 Å². The van der Waals surface area contributed by atoms with Gasteiger partial charge in [-0.1, -0.05) is 12.1 Å². The standard InChI is InChI=1S/C13H18N6O2S/c1-13(2,3)19-22(20,21)11-7-5-4-6-9(11)17-18-10(8-14)12(15)16/h4-7,17,19H,1-3H3,(H3,15,16)/b18-10+. The van der Waals surface area contributed by atoms with Gasteiger partial charge in [0.05, 0.1) is 5.69 Å². The molecule has 8 nitrogen and oxygen atoms in total. The van der Waals surface area contributed by atoms with Crippen LogP contribution in [-0.2, 0) is 10.0 Å². The Morgan fingerprint density at radius 1 is 1.36 bits per heavy atom. The minimum atomic E-state index is -3.77. The molecule has 0 unspecified atom stereocenters. The lowest BCUT2D eigenvalue weighted by atomic mass is 10.1. The summed E-state index contributed by atoms with van der Waals surface area (Å²) in [5.41, 5.74) is 6.83. The van der Waals surface area contributed by atoms with Gasteiger partial charge in [-0.25, -0.2) is 13.1 Å². The van der Waals surface area contributed by atoms with Crippen LogP contribution < -0.4 is 15.9 Å². The van der Waals surface area contributed by atoms with Crippen LogP contribution in [0.25, 0.3) is 0 Å². The number of nitrogens with zero attached hydrogens (tertiary/aromatic N) is 2. The Labute approximate surface area is 129 Å². The molecule has 1 rings (SSSR count). The summed E-state index contributed by atoms with van der Waals surface area (Å²) in [6, 6.07) is 7.74. The van der Waals surface area contributed by atoms with Gasteiger partial charge in [0.15, 0.2) is 5.84 Å². The molecule has 0 amide bonds. The van der Waals surface area contributed by atoms with Crippen molar-refractivity contribution in [3.63, 3.8) is 0 Å². The van der Waals surface area contributed by atoms with E-state index in [1.54, 1.807) is 39.0 Å². The Morgan fingerprint density at radius 2 is 1.95 bits per heavy atom. The average molecular weight is 322 g/mol. The second-order valence-corrected chi connectivity index (χ2v) is 7.10. The summed E-state index contributed by atoms with van der Waals surface area (Å²) in [6.45, 7) is 5.17. The predicted octanol–water partition coefficient (Wildman–Crippen LogP) is 0.991. The Balaban J connectivity index is 3.21. The van der Waals surface area contributed by atoms with Crippen molar-refractivity contribution < 1.29 is 8.42 Å². The van der Waals surface area contributed by atoms with Crippen molar-refractivity contribution >= 4 is 27.3 Å². The molecule has 0 aliphatic heterocycles. The van der Waals surface area contributed by atoms with E-state index in [0.29, 0.717) is 0 Å². The quantitative estimate of drug-likeness (QED) is 0.363. The van der Waals surface area contributed by atoms with E-state index in [2.05, 4.69) is 15.2 Å². The Bertz CT molecular complexity index is 741. The molecule has 1 aromatic rings. The molecular weight excluding hydrogens is 304 g/mol. The summed E-state index contributed by atoms with van der Waals surface area (Å²) in [5.74, 6) is -0.511. The van der Waals surface area contributed by atoms with Gasteiger partial charge < -0.3 is 5.73 Å². The first-order chi connectivity index (χ1) is 10.1. The summed E-state index contributed by atoms with van der Waals surface area (Å²) in [5, 5.41) is 19.6. The van der Waals surface area contributed by atoms with E-state index >= 15 is 0 Å². The van der Waals surface area contributed by atoms with Crippen molar-refractivity contribution in [2.24, 2.45) is 10.8 Å². The normalized spacial score (nSPS) is 12.5. The lowest BCUT2D eigenvalue weighted by Crippen LogP contribution is -2.40. The van der Waals surface area contributed by atoms with Gasteiger partial charge in [0.2, 0.25) is 15.7 Å². The van der Waals surface area contributed by atoms with Gasteiger partial charge in [-0.15, -0.1) is 0 Å². The summed E-state index contributed by atoms with van der Waals surface area (Å²) < 4.78 is 27.3. The number of benzene rings is 1. The monoisotopic (exact) mass is 322 g/mol. The smallest absolute Gasteiger partial charge is 0.243 e. The number of amidine groups is 1. The highest BCUT2D eigenvalue weighted by Gasteiger charge is 2.24. The number of nitriles is 1. The number of nitrogens with two attached hydrogens (primary N) is 1. The zero-order valence-corrected chi connectivity index (χ0v) is 13.3. The van der Waals surface area contributed by atoms with Gasteiger partial charge >= 0.3 is 0 Å². The van der Waals surface area contributed by atoms with E-state index in [0.717, 1.165) is 0 Å². The number of sulfonamides is 1.